The van der Waals surface area contributed by atoms with Crippen LogP contribution in [0.4, 0.5) is 11.5 Å². The van der Waals surface area contributed by atoms with Gasteiger partial charge in [-0.25, -0.2) is 9.97 Å². The number of benzene rings is 1. The Labute approximate surface area is 124 Å². The highest BCUT2D eigenvalue weighted by molar-refractivity contribution is 5.82. The van der Waals surface area contributed by atoms with Crippen molar-refractivity contribution >= 4 is 17.8 Å². The van der Waals surface area contributed by atoms with Crippen molar-refractivity contribution in [1.29, 1.82) is 0 Å². The van der Waals surface area contributed by atoms with Crippen LogP contribution in [0.2, 0.25) is 0 Å². The molecule has 0 spiro atoms. The van der Waals surface area contributed by atoms with E-state index in [-0.39, 0.29) is 0 Å². The molecule has 0 bridgehead atoms. The highest BCUT2D eigenvalue weighted by atomic mass is 16.1. The number of carbonyl (C=O) groups is 1. The van der Waals surface area contributed by atoms with Crippen molar-refractivity contribution < 1.29 is 4.79 Å². The SMILES string of the molecule is Cc1ncc(C=O)c(N2CCN(c3ccccc3)CC2)n1. The molecular weight excluding hydrogens is 264 g/mol. The van der Waals surface area contributed by atoms with Crippen LogP contribution in [0.15, 0.2) is 36.5 Å². The average Bonchev–Trinajstić information content (AvgIpc) is 2.56. The lowest BCUT2D eigenvalue weighted by molar-refractivity contribution is 0.112. The topological polar surface area (TPSA) is 49.3 Å². The van der Waals surface area contributed by atoms with E-state index in [2.05, 4.69) is 44.0 Å². The van der Waals surface area contributed by atoms with E-state index < -0.39 is 0 Å². The molecule has 1 aromatic carbocycles. The minimum atomic E-state index is 0.564. The van der Waals surface area contributed by atoms with Gasteiger partial charge in [-0.1, -0.05) is 18.2 Å². The summed E-state index contributed by atoms with van der Waals surface area (Å²) in [6.07, 6.45) is 2.44. The van der Waals surface area contributed by atoms with Crippen LogP contribution in [0.25, 0.3) is 0 Å². The highest BCUT2D eigenvalue weighted by Gasteiger charge is 2.20. The van der Waals surface area contributed by atoms with Crippen molar-refractivity contribution in [3.05, 3.63) is 47.9 Å². The monoisotopic (exact) mass is 282 g/mol. The van der Waals surface area contributed by atoms with E-state index in [1.54, 1.807) is 6.20 Å². The van der Waals surface area contributed by atoms with E-state index in [1.165, 1.54) is 5.69 Å². The maximum atomic E-state index is 11.1. The number of nitrogens with zero attached hydrogens (tertiary/aromatic N) is 4. The molecule has 2 aromatic rings. The largest absolute Gasteiger partial charge is 0.368 e. The van der Waals surface area contributed by atoms with Gasteiger partial charge in [0.2, 0.25) is 0 Å². The molecule has 0 aliphatic carbocycles. The molecule has 0 unspecified atom stereocenters. The number of hydrogen-bond acceptors (Lipinski definition) is 5. The maximum absolute atomic E-state index is 11.1. The fourth-order valence-corrected chi connectivity index (χ4v) is 2.62. The van der Waals surface area contributed by atoms with Crippen molar-refractivity contribution in [2.24, 2.45) is 0 Å². The van der Waals surface area contributed by atoms with Crippen LogP contribution >= 0.6 is 0 Å². The number of piperazine rings is 1. The molecule has 21 heavy (non-hydrogen) atoms. The summed E-state index contributed by atoms with van der Waals surface area (Å²) in [6.45, 7) is 5.40. The van der Waals surface area contributed by atoms with Gasteiger partial charge in [-0.15, -0.1) is 0 Å². The molecule has 5 nitrogen and oxygen atoms in total. The zero-order valence-electron chi connectivity index (χ0n) is 12.1. The van der Waals surface area contributed by atoms with Gasteiger partial charge in [0.1, 0.15) is 11.6 Å². The van der Waals surface area contributed by atoms with Crippen LogP contribution in [0, 0.1) is 6.92 Å². The van der Waals surface area contributed by atoms with Crippen LogP contribution in [0.1, 0.15) is 16.2 Å². The molecule has 0 N–H and O–H groups in total. The van der Waals surface area contributed by atoms with Gasteiger partial charge in [0.25, 0.3) is 0 Å². The van der Waals surface area contributed by atoms with Crippen LogP contribution in [0.3, 0.4) is 0 Å². The second-order valence-corrected chi connectivity index (χ2v) is 5.12. The number of aromatic nitrogens is 2. The second kappa shape index (κ2) is 5.91. The van der Waals surface area contributed by atoms with Gasteiger partial charge in [0.15, 0.2) is 6.29 Å². The Balaban J connectivity index is 1.74. The van der Waals surface area contributed by atoms with Crippen molar-refractivity contribution in [3.8, 4) is 0 Å². The summed E-state index contributed by atoms with van der Waals surface area (Å²) in [5.74, 6) is 1.45. The summed E-state index contributed by atoms with van der Waals surface area (Å²) < 4.78 is 0. The minimum absolute atomic E-state index is 0.564. The Morgan fingerprint density at radius 2 is 1.71 bits per heavy atom. The molecule has 3 rings (SSSR count). The van der Waals surface area contributed by atoms with Gasteiger partial charge in [0, 0.05) is 38.1 Å². The molecular formula is C16H18N4O. The molecule has 1 aliphatic rings. The Kier molecular flexibility index (Phi) is 3.81. The van der Waals surface area contributed by atoms with E-state index in [4.69, 9.17) is 0 Å². The molecule has 1 aromatic heterocycles. The first-order chi connectivity index (χ1) is 10.3. The number of aryl methyl sites for hydroxylation is 1. The lowest BCUT2D eigenvalue weighted by atomic mass is 10.2. The molecule has 0 radical (unpaired) electrons. The van der Waals surface area contributed by atoms with Crippen molar-refractivity contribution in [2.45, 2.75) is 6.92 Å². The Bertz CT molecular complexity index is 621. The molecule has 108 valence electrons. The fourth-order valence-electron chi connectivity index (χ4n) is 2.62. The molecule has 1 fully saturated rings. The quantitative estimate of drug-likeness (QED) is 0.805. The van der Waals surface area contributed by atoms with Crippen molar-refractivity contribution in [2.75, 3.05) is 36.0 Å². The molecule has 0 saturated carbocycles. The number of rotatable bonds is 3. The van der Waals surface area contributed by atoms with Crippen LogP contribution < -0.4 is 9.80 Å². The molecule has 5 heteroatoms. The van der Waals surface area contributed by atoms with E-state index in [0.717, 1.165) is 38.3 Å². The second-order valence-electron chi connectivity index (χ2n) is 5.12. The summed E-state index contributed by atoms with van der Waals surface area (Å²) in [4.78, 5) is 24.2. The Morgan fingerprint density at radius 1 is 1.05 bits per heavy atom. The maximum Gasteiger partial charge on any atom is 0.155 e. The molecule has 0 amide bonds. The molecule has 0 atom stereocenters. The van der Waals surface area contributed by atoms with Crippen LogP contribution in [-0.4, -0.2) is 42.4 Å². The zero-order chi connectivity index (χ0) is 14.7. The smallest absolute Gasteiger partial charge is 0.155 e. The molecule has 1 saturated heterocycles. The number of anilines is 2. The predicted octanol–water partition coefficient (Wildman–Crippen LogP) is 1.92. The lowest BCUT2D eigenvalue weighted by Gasteiger charge is -2.37. The van der Waals surface area contributed by atoms with Gasteiger partial charge in [-0.05, 0) is 19.1 Å². The third kappa shape index (κ3) is 2.86. The van der Waals surface area contributed by atoms with E-state index >= 15 is 0 Å². The van der Waals surface area contributed by atoms with Gasteiger partial charge in [-0.3, -0.25) is 4.79 Å². The normalized spacial score (nSPS) is 15.1. The minimum Gasteiger partial charge on any atom is -0.368 e. The third-order valence-corrected chi connectivity index (χ3v) is 3.74. The third-order valence-electron chi connectivity index (χ3n) is 3.74. The fraction of sp³-hybridized carbons (Fsp3) is 0.312. The van der Waals surface area contributed by atoms with Crippen LogP contribution in [0.5, 0.6) is 0 Å². The number of hydrogen-bond donors (Lipinski definition) is 0. The zero-order valence-corrected chi connectivity index (χ0v) is 12.1. The Morgan fingerprint density at radius 3 is 2.38 bits per heavy atom. The van der Waals surface area contributed by atoms with Crippen molar-refractivity contribution in [1.82, 2.24) is 9.97 Å². The molecule has 2 heterocycles. The summed E-state index contributed by atoms with van der Waals surface area (Å²) >= 11 is 0. The van der Waals surface area contributed by atoms with Gasteiger partial charge in [-0.2, -0.15) is 0 Å². The summed E-state index contributed by atoms with van der Waals surface area (Å²) in [7, 11) is 0. The highest BCUT2D eigenvalue weighted by Crippen LogP contribution is 2.20. The summed E-state index contributed by atoms with van der Waals surface area (Å²) in [6, 6.07) is 10.4. The van der Waals surface area contributed by atoms with Crippen molar-refractivity contribution in [3.63, 3.8) is 0 Å². The predicted molar refractivity (Wildman–Crippen MR) is 83.0 cm³/mol. The first-order valence-electron chi connectivity index (χ1n) is 7.11. The average molecular weight is 282 g/mol. The first kappa shape index (κ1) is 13.5. The van der Waals surface area contributed by atoms with Gasteiger partial charge in [0.05, 0.1) is 5.56 Å². The standard InChI is InChI=1S/C16H18N4O/c1-13-17-11-14(12-21)16(18-13)20-9-7-19(8-10-20)15-5-3-2-4-6-15/h2-6,11-12H,7-10H2,1H3. The molecule has 1 aliphatic heterocycles. The van der Waals surface area contributed by atoms with Crippen LogP contribution in [-0.2, 0) is 0 Å². The van der Waals surface area contributed by atoms with E-state index in [9.17, 15) is 4.79 Å². The summed E-state index contributed by atoms with van der Waals surface area (Å²) in [5.41, 5.74) is 1.81. The number of aldehydes is 1. The summed E-state index contributed by atoms with van der Waals surface area (Å²) in [5, 5.41) is 0. The van der Waals surface area contributed by atoms with Gasteiger partial charge >= 0.3 is 0 Å². The number of para-hydroxylation sites is 1. The Hall–Kier alpha value is -2.43. The first-order valence-corrected chi connectivity index (χ1v) is 7.11. The van der Waals surface area contributed by atoms with Gasteiger partial charge < -0.3 is 9.80 Å². The number of carbonyl (C=O) groups excluding carboxylic acids is 1. The van der Waals surface area contributed by atoms with E-state index in [1.807, 2.05) is 13.0 Å². The lowest BCUT2D eigenvalue weighted by Crippen LogP contribution is -2.47. The van der Waals surface area contributed by atoms with E-state index in [0.29, 0.717) is 11.4 Å².